The quantitative estimate of drug-likeness (QED) is 0.557. The molecule has 1 aliphatic heterocycles. The van der Waals surface area contributed by atoms with Gasteiger partial charge in [0.05, 0.1) is 30.6 Å². The maximum absolute atomic E-state index is 12.9. The van der Waals surface area contributed by atoms with Crippen LogP contribution in [0.5, 0.6) is 11.5 Å². The molecule has 2 bridgehead atoms. The Bertz CT molecular complexity index is 1050. The lowest BCUT2D eigenvalue weighted by atomic mass is 9.44. The van der Waals surface area contributed by atoms with E-state index in [0.717, 1.165) is 26.2 Å². The molecule has 0 unspecified atom stereocenters. The molecule has 178 valence electrons. The van der Waals surface area contributed by atoms with E-state index in [2.05, 4.69) is 10.4 Å². The lowest BCUT2D eigenvalue weighted by Crippen LogP contribution is -2.79. The number of amides is 1. The molecule has 2 N–H and O–H groups in total. The van der Waals surface area contributed by atoms with Crippen LogP contribution >= 0.6 is 11.6 Å². The van der Waals surface area contributed by atoms with Gasteiger partial charge >= 0.3 is 0 Å². The number of benzene rings is 1. The minimum absolute atomic E-state index is 0.151. The molecule has 3 fully saturated rings. The number of halogens is 3. The minimum Gasteiger partial charge on any atom is -0.490 e. The summed E-state index contributed by atoms with van der Waals surface area (Å²) in [5, 5.41) is 18.4. The molecule has 1 aromatic carbocycles. The van der Waals surface area contributed by atoms with Crippen LogP contribution in [0.2, 0.25) is 5.02 Å². The molecular formula is C23H26ClF2N3O4. The molecule has 2 aromatic rings. The topological polar surface area (TPSA) is 85.6 Å². The zero-order valence-electron chi connectivity index (χ0n) is 18.2. The molecule has 0 saturated heterocycles. The first kappa shape index (κ1) is 22.4. The highest BCUT2D eigenvalue weighted by Crippen LogP contribution is 2.65. The van der Waals surface area contributed by atoms with Crippen LogP contribution in [0.1, 0.15) is 57.1 Å². The summed E-state index contributed by atoms with van der Waals surface area (Å²) in [5.41, 5.74) is 0.156. The standard InChI is InChI=1S/C23H26ClF2N3O4/c1-21(25,26)5-2-6-32-15-9-27-29(10-15)23-11-22(12-23,13-23)28-20(31)19-8-17(30)16-7-14(24)3-4-18(16)33-19/h3-4,7,9-10,17,19,30H,2,5-6,8,11-13H2,1H3,(H,28,31)/t17-,19-,22?,23?/m1/s1. The third kappa shape index (κ3) is 4.28. The van der Waals surface area contributed by atoms with Crippen LogP contribution in [0.15, 0.2) is 30.6 Å². The summed E-state index contributed by atoms with van der Waals surface area (Å²) >= 11 is 5.98. The summed E-state index contributed by atoms with van der Waals surface area (Å²) in [4.78, 5) is 12.8. The van der Waals surface area contributed by atoms with Crippen molar-refractivity contribution < 1.29 is 28.2 Å². The van der Waals surface area contributed by atoms with Gasteiger partial charge in [0.1, 0.15) is 5.75 Å². The highest BCUT2D eigenvalue weighted by Gasteiger charge is 2.70. The summed E-state index contributed by atoms with van der Waals surface area (Å²) in [7, 11) is 0. The van der Waals surface area contributed by atoms with Crippen molar-refractivity contribution >= 4 is 17.5 Å². The number of carbonyl (C=O) groups excluding carboxylic acids is 1. The number of rotatable bonds is 8. The van der Waals surface area contributed by atoms with Gasteiger partial charge in [0.15, 0.2) is 11.9 Å². The number of alkyl halides is 2. The van der Waals surface area contributed by atoms with E-state index in [1.54, 1.807) is 30.6 Å². The average molecular weight is 482 g/mol. The summed E-state index contributed by atoms with van der Waals surface area (Å²) < 4.78 is 39.0. The molecule has 1 aromatic heterocycles. The summed E-state index contributed by atoms with van der Waals surface area (Å²) in [6, 6.07) is 4.99. The second-order valence-electron chi connectivity index (χ2n) is 9.71. The number of carbonyl (C=O) groups is 1. The molecule has 0 spiro atoms. The molecule has 7 nitrogen and oxygen atoms in total. The van der Waals surface area contributed by atoms with E-state index in [0.29, 0.717) is 22.1 Å². The number of nitrogens with one attached hydrogen (secondary N) is 1. The van der Waals surface area contributed by atoms with Crippen molar-refractivity contribution in [1.82, 2.24) is 15.1 Å². The maximum Gasteiger partial charge on any atom is 0.261 e. The number of ether oxygens (including phenoxy) is 2. The number of hydrogen-bond acceptors (Lipinski definition) is 5. The number of fused-ring (bicyclic) bond motifs is 1. The summed E-state index contributed by atoms with van der Waals surface area (Å²) in [6.07, 6.45) is 4.27. The number of aliphatic hydroxyl groups is 1. The third-order valence-corrected chi connectivity index (χ3v) is 7.03. The van der Waals surface area contributed by atoms with Crippen molar-refractivity contribution in [1.29, 1.82) is 0 Å². The zero-order chi connectivity index (χ0) is 23.4. The van der Waals surface area contributed by atoms with Gasteiger partial charge in [0, 0.05) is 29.0 Å². The Labute approximate surface area is 195 Å². The van der Waals surface area contributed by atoms with Crippen LogP contribution in [0.25, 0.3) is 0 Å². The number of hydrogen-bond donors (Lipinski definition) is 2. The van der Waals surface area contributed by atoms with Gasteiger partial charge in [-0.1, -0.05) is 11.6 Å². The molecule has 10 heteroatoms. The minimum atomic E-state index is -2.68. The van der Waals surface area contributed by atoms with E-state index in [-0.39, 0.29) is 42.9 Å². The van der Waals surface area contributed by atoms with Crippen molar-refractivity contribution in [2.24, 2.45) is 0 Å². The molecule has 3 saturated carbocycles. The number of nitrogens with zero attached hydrogens (tertiary/aromatic N) is 2. The molecule has 4 aliphatic rings. The van der Waals surface area contributed by atoms with E-state index in [1.807, 2.05) is 4.68 Å². The van der Waals surface area contributed by atoms with Gasteiger partial charge in [-0.05, 0) is 50.8 Å². The Hall–Kier alpha value is -2.39. The van der Waals surface area contributed by atoms with Gasteiger partial charge in [0.25, 0.3) is 5.91 Å². The number of aromatic nitrogens is 2. The second-order valence-corrected chi connectivity index (χ2v) is 10.1. The highest BCUT2D eigenvalue weighted by molar-refractivity contribution is 6.30. The van der Waals surface area contributed by atoms with Crippen LogP contribution in [-0.2, 0) is 10.3 Å². The summed E-state index contributed by atoms with van der Waals surface area (Å²) in [6.45, 7) is 1.12. The van der Waals surface area contributed by atoms with Crippen molar-refractivity contribution in [2.75, 3.05) is 6.61 Å². The van der Waals surface area contributed by atoms with Crippen molar-refractivity contribution in [2.45, 2.75) is 74.7 Å². The monoisotopic (exact) mass is 481 g/mol. The van der Waals surface area contributed by atoms with E-state index in [4.69, 9.17) is 21.1 Å². The van der Waals surface area contributed by atoms with Gasteiger partial charge in [-0.2, -0.15) is 5.10 Å². The van der Waals surface area contributed by atoms with Gasteiger partial charge in [0.2, 0.25) is 5.92 Å². The third-order valence-electron chi connectivity index (χ3n) is 6.79. The molecule has 33 heavy (non-hydrogen) atoms. The van der Waals surface area contributed by atoms with E-state index >= 15 is 0 Å². The van der Waals surface area contributed by atoms with E-state index < -0.39 is 18.1 Å². The zero-order valence-corrected chi connectivity index (χ0v) is 18.9. The van der Waals surface area contributed by atoms with Gasteiger partial charge in [-0.3, -0.25) is 9.48 Å². The van der Waals surface area contributed by atoms with Crippen molar-refractivity contribution in [3.8, 4) is 11.5 Å². The van der Waals surface area contributed by atoms with Gasteiger partial charge in [-0.15, -0.1) is 0 Å². The van der Waals surface area contributed by atoms with Crippen LogP contribution in [0.4, 0.5) is 8.78 Å². The fourth-order valence-electron chi connectivity index (χ4n) is 5.24. The molecule has 3 aliphatic carbocycles. The first-order valence-electron chi connectivity index (χ1n) is 11.1. The average Bonchev–Trinajstić information content (AvgIpc) is 3.15. The van der Waals surface area contributed by atoms with Crippen LogP contribution < -0.4 is 14.8 Å². The molecule has 2 atom stereocenters. The lowest BCUT2D eigenvalue weighted by molar-refractivity contribution is -0.165. The van der Waals surface area contributed by atoms with Crippen LogP contribution in [0, 0.1) is 0 Å². The Morgan fingerprint density at radius 2 is 2.18 bits per heavy atom. The molecule has 2 heterocycles. The highest BCUT2D eigenvalue weighted by atomic mass is 35.5. The predicted octanol–water partition coefficient (Wildman–Crippen LogP) is 3.98. The SMILES string of the molecule is CC(F)(F)CCCOc1cnn(C23CC(NC(=O)[C@H]4C[C@@H](O)c5cc(Cl)ccc5O4)(C2)C3)c1. The number of aliphatic hydroxyl groups excluding tert-OH is 1. The Balaban J connectivity index is 1.12. The van der Waals surface area contributed by atoms with Crippen LogP contribution in [0.3, 0.4) is 0 Å². The molecule has 6 rings (SSSR count). The fourth-order valence-corrected chi connectivity index (χ4v) is 5.42. The van der Waals surface area contributed by atoms with Crippen molar-refractivity contribution in [3.63, 3.8) is 0 Å². The second kappa shape index (κ2) is 7.84. The van der Waals surface area contributed by atoms with Gasteiger partial charge in [-0.25, -0.2) is 8.78 Å². The molecular weight excluding hydrogens is 456 g/mol. The van der Waals surface area contributed by atoms with Crippen molar-refractivity contribution in [3.05, 3.63) is 41.2 Å². The largest absolute Gasteiger partial charge is 0.490 e. The normalized spacial score (nSPS) is 29.8. The van der Waals surface area contributed by atoms with E-state index in [9.17, 15) is 18.7 Å². The predicted molar refractivity (Wildman–Crippen MR) is 116 cm³/mol. The fraction of sp³-hybridized carbons (Fsp3) is 0.565. The first-order valence-corrected chi connectivity index (χ1v) is 11.5. The van der Waals surface area contributed by atoms with Gasteiger partial charge < -0.3 is 19.9 Å². The Morgan fingerprint density at radius 3 is 2.91 bits per heavy atom. The Morgan fingerprint density at radius 1 is 1.42 bits per heavy atom. The summed E-state index contributed by atoms with van der Waals surface area (Å²) in [5.74, 6) is -1.89. The van der Waals surface area contributed by atoms with E-state index in [1.165, 1.54) is 0 Å². The maximum atomic E-state index is 12.9. The lowest BCUT2D eigenvalue weighted by Gasteiger charge is -2.70. The molecule has 1 amide bonds. The molecule has 0 radical (unpaired) electrons. The van der Waals surface area contributed by atoms with Crippen LogP contribution in [-0.4, -0.2) is 45.0 Å². The Kier molecular flexibility index (Phi) is 5.32. The smallest absolute Gasteiger partial charge is 0.261 e. The first-order chi connectivity index (χ1) is 15.6.